The number of carbonyl (C=O) groups is 2. The summed E-state index contributed by atoms with van der Waals surface area (Å²) in [5.41, 5.74) is 0.354. The first-order valence-corrected chi connectivity index (χ1v) is 8.86. The summed E-state index contributed by atoms with van der Waals surface area (Å²) < 4.78 is 0. The van der Waals surface area contributed by atoms with Gasteiger partial charge in [0.15, 0.2) is 0 Å². The molecule has 22 heavy (non-hydrogen) atoms. The van der Waals surface area contributed by atoms with Crippen molar-refractivity contribution in [2.45, 2.75) is 52.9 Å². The van der Waals surface area contributed by atoms with Gasteiger partial charge in [0, 0.05) is 12.5 Å². The molecule has 4 nitrogen and oxygen atoms in total. The Morgan fingerprint density at radius 3 is 2.59 bits per heavy atom. The summed E-state index contributed by atoms with van der Waals surface area (Å²) in [7, 11) is 0. The van der Waals surface area contributed by atoms with Crippen LogP contribution in [0, 0.1) is 11.3 Å². The number of anilines is 1. The lowest BCUT2D eigenvalue weighted by molar-refractivity contribution is -0.117. The third kappa shape index (κ3) is 5.79. The van der Waals surface area contributed by atoms with Crippen LogP contribution in [-0.4, -0.2) is 18.4 Å². The molecule has 122 valence electrons. The van der Waals surface area contributed by atoms with Gasteiger partial charge in [-0.15, -0.1) is 11.3 Å². The van der Waals surface area contributed by atoms with E-state index in [-0.39, 0.29) is 17.7 Å². The zero-order chi connectivity index (χ0) is 16.2. The molecule has 0 aromatic carbocycles. The number of nitrogens with one attached hydrogen (secondary N) is 2. The number of hydrogen-bond acceptors (Lipinski definition) is 3. The van der Waals surface area contributed by atoms with Crippen molar-refractivity contribution in [3.05, 3.63) is 17.0 Å². The van der Waals surface area contributed by atoms with Gasteiger partial charge in [0.2, 0.25) is 5.91 Å². The molecule has 0 bridgehead atoms. The molecule has 1 aromatic heterocycles. The topological polar surface area (TPSA) is 58.2 Å². The van der Waals surface area contributed by atoms with Gasteiger partial charge >= 0.3 is 0 Å². The minimum Gasteiger partial charge on any atom is -0.351 e. The molecule has 2 N–H and O–H groups in total. The lowest BCUT2D eigenvalue weighted by Gasteiger charge is -2.17. The smallest absolute Gasteiger partial charge is 0.261 e. The molecule has 1 fully saturated rings. The van der Waals surface area contributed by atoms with Crippen LogP contribution in [0.4, 0.5) is 5.00 Å². The van der Waals surface area contributed by atoms with Crippen LogP contribution in [0.3, 0.4) is 0 Å². The molecule has 2 rings (SSSR count). The maximum absolute atomic E-state index is 12.0. The number of rotatable bonds is 7. The van der Waals surface area contributed by atoms with Crippen LogP contribution in [0.25, 0.3) is 0 Å². The molecule has 2 amide bonds. The minimum atomic E-state index is -0.0484. The molecule has 5 heteroatoms. The van der Waals surface area contributed by atoms with Crippen molar-refractivity contribution in [3.8, 4) is 0 Å². The molecule has 0 atom stereocenters. The van der Waals surface area contributed by atoms with Crippen LogP contribution in [-0.2, 0) is 4.79 Å². The van der Waals surface area contributed by atoms with Crippen LogP contribution >= 0.6 is 11.3 Å². The van der Waals surface area contributed by atoms with Gasteiger partial charge in [-0.2, -0.15) is 0 Å². The Hall–Kier alpha value is -1.36. The molecular weight excluding hydrogens is 296 g/mol. The van der Waals surface area contributed by atoms with E-state index in [4.69, 9.17) is 0 Å². The molecule has 1 aliphatic rings. The van der Waals surface area contributed by atoms with Crippen molar-refractivity contribution in [1.29, 1.82) is 0 Å². The van der Waals surface area contributed by atoms with Crippen molar-refractivity contribution < 1.29 is 9.59 Å². The van der Waals surface area contributed by atoms with Gasteiger partial charge in [-0.05, 0) is 43.2 Å². The highest BCUT2D eigenvalue weighted by molar-refractivity contribution is 7.18. The SMILES string of the molecule is CC(C)(C)CCCCNC(=O)c1ccc(NC(=O)C2CC2)s1. The van der Waals surface area contributed by atoms with E-state index < -0.39 is 0 Å². The summed E-state index contributed by atoms with van der Waals surface area (Å²) in [6, 6.07) is 3.58. The van der Waals surface area contributed by atoms with E-state index in [2.05, 4.69) is 31.4 Å². The normalized spacial score (nSPS) is 14.7. The monoisotopic (exact) mass is 322 g/mol. The Labute approximate surface area is 136 Å². The Balaban J connectivity index is 1.69. The fourth-order valence-corrected chi connectivity index (χ4v) is 2.99. The van der Waals surface area contributed by atoms with Crippen molar-refractivity contribution in [2.24, 2.45) is 11.3 Å². The van der Waals surface area contributed by atoms with Gasteiger partial charge in [-0.25, -0.2) is 0 Å². The fourth-order valence-electron chi connectivity index (χ4n) is 2.17. The number of thiophene rings is 1. The summed E-state index contributed by atoms with van der Waals surface area (Å²) in [5, 5.41) is 6.58. The molecule has 0 aliphatic heterocycles. The first kappa shape index (κ1) is 17.0. The van der Waals surface area contributed by atoms with Crippen LogP contribution in [0.2, 0.25) is 0 Å². The molecule has 0 spiro atoms. The standard InChI is InChI=1S/C17H26N2O2S/c1-17(2,3)10-4-5-11-18-16(21)13-8-9-14(22-13)19-15(20)12-6-7-12/h8-9,12H,4-7,10-11H2,1-3H3,(H,18,21)(H,19,20). The highest BCUT2D eigenvalue weighted by atomic mass is 32.1. The van der Waals surface area contributed by atoms with Crippen LogP contribution in [0.5, 0.6) is 0 Å². The van der Waals surface area contributed by atoms with E-state index in [0.717, 1.165) is 30.7 Å². The second-order valence-electron chi connectivity index (χ2n) is 7.20. The summed E-state index contributed by atoms with van der Waals surface area (Å²) in [6.07, 6.45) is 5.26. The molecule has 1 aromatic rings. The number of hydrogen-bond donors (Lipinski definition) is 2. The van der Waals surface area contributed by atoms with Gasteiger partial charge in [0.1, 0.15) is 0 Å². The lowest BCUT2D eigenvalue weighted by Crippen LogP contribution is -2.23. The average Bonchev–Trinajstić information content (AvgIpc) is 3.17. The predicted molar refractivity (Wildman–Crippen MR) is 91.3 cm³/mol. The van der Waals surface area contributed by atoms with Gasteiger partial charge in [0.05, 0.1) is 9.88 Å². The fraction of sp³-hybridized carbons (Fsp3) is 0.647. The van der Waals surface area contributed by atoms with E-state index in [1.165, 1.54) is 17.8 Å². The van der Waals surface area contributed by atoms with Gasteiger partial charge < -0.3 is 10.6 Å². The highest BCUT2D eigenvalue weighted by Crippen LogP contribution is 2.31. The predicted octanol–water partition coefficient (Wildman–Crippen LogP) is 4.04. The quantitative estimate of drug-likeness (QED) is 0.744. The number of unbranched alkanes of at least 4 members (excludes halogenated alkanes) is 1. The Kier molecular flexibility index (Phi) is 5.62. The molecule has 0 radical (unpaired) electrons. The second kappa shape index (κ2) is 7.27. The first-order chi connectivity index (χ1) is 10.3. The largest absolute Gasteiger partial charge is 0.351 e. The van der Waals surface area contributed by atoms with E-state index in [1.54, 1.807) is 12.1 Å². The molecule has 0 unspecified atom stereocenters. The molecule has 1 saturated carbocycles. The summed E-state index contributed by atoms with van der Waals surface area (Å²) in [6.45, 7) is 7.40. The zero-order valence-electron chi connectivity index (χ0n) is 13.7. The Morgan fingerprint density at radius 1 is 1.23 bits per heavy atom. The van der Waals surface area contributed by atoms with Crippen molar-refractivity contribution in [2.75, 3.05) is 11.9 Å². The second-order valence-corrected chi connectivity index (χ2v) is 8.28. The van der Waals surface area contributed by atoms with Crippen LogP contribution in [0.1, 0.15) is 62.5 Å². The molecule has 0 saturated heterocycles. The van der Waals surface area contributed by atoms with Gasteiger partial charge in [0.25, 0.3) is 5.91 Å². The maximum Gasteiger partial charge on any atom is 0.261 e. The molecular formula is C17H26N2O2S. The minimum absolute atomic E-state index is 0.0484. The number of amides is 2. The van der Waals surface area contributed by atoms with E-state index in [0.29, 0.717) is 16.8 Å². The summed E-state index contributed by atoms with van der Waals surface area (Å²) >= 11 is 1.34. The average molecular weight is 322 g/mol. The van der Waals surface area contributed by atoms with E-state index in [1.807, 2.05) is 0 Å². The third-order valence-corrected chi connectivity index (χ3v) is 4.66. The molecule has 1 aliphatic carbocycles. The number of carbonyl (C=O) groups excluding carboxylic acids is 2. The highest BCUT2D eigenvalue weighted by Gasteiger charge is 2.29. The van der Waals surface area contributed by atoms with Crippen molar-refractivity contribution in [3.63, 3.8) is 0 Å². The maximum atomic E-state index is 12.0. The lowest BCUT2D eigenvalue weighted by atomic mass is 9.90. The summed E-state index contributed by atoms with van der Waals surface area (Å²) in [4.78, 5) is 24.4. The van der Waals surface area contributed by atoms with Crippen LogP contribution < -0.4 is 10.6 Å². The summed E-state index contributed by atoms with van der Waals surface area (Å²) in [5.74, 6) is 0.214. The first-order valence-electron chi connectivity index (χ1n) is 8.04. The zero-order valence-corrected chi connectivity index (χ0v) is 14.5. The Bertz CT molecular complexity index is 527. The Morgan fingerprint density at radius 2 is 1.95 bits per heavy atom. The van der Waals surface area contributed by atoms with E-state index in [9.17, 15) is 9.59 Å². The third-order valence-electron chi connectivity index (χ3n) is 3.66. The van der Waals surface area contributed by atoms with Crippen molar-refractivity contribution in [1.82, 2.24) is 5.32 Å². The van der Waals surface area contributed by atoms with E-state index >= 15 is 0 Å². The van der Waals surface area contributed by atoms with Gasteiger partial charge in [-0.1, -0.05) is 27.2 Å². The van der Waals surface area contributed by atoms with Gasteiger partial charge in [-0.3, -0.25) is 9.59 Å². The van der Waals surface area contributed by atoms with Crippen molar-refractivity contribution >= 4 is 28.2 Å². The van der Waals surface area contributed by atoms with Crippen LogP contribution in [0.15, 0.2) is 12.1 Å². The molecule has 1 heterocycles.